The smallest absolute Gasteiger partial charge is 0.424 e. The molecular weight excluding hydrogens is 434 g/mol. The third kappa shape index (κ3) is 3.93. The number of amides is 2. The monoisotopic (exact) mass is 449 g/mol. The van der Waals surface area contributed by atoms with Crippen molar-refractivity contribution in [3.63, 3.8) is 0 Å². The lowest BCUT2D eigenvalue weighted by Gasteiger charge is -2.18. The van der Waals surface area contributed by atoms with E-state index < -0.39 is 12.0 Å². The Kier molecular flexibility index (Phi) is 5.44. The van der Waals surface area contributed by atoms with Crippen LogP contribution in [0.15, 0.2) is 93.8 Å². The number of benzene rings is 3. The molecule has 0 fully saturated rings. The van der Waals surface area contributed by atoms with Gasteiger partial charge in [-0.3, -0.25) is 4.79 Å². The zero-order valence-electron chi connectivity index (χ0n) is 15.2. The second kappa shape index (κ2) is 8.32. The summed E-state index contributed by atoms with van der Waals surface area (Å²) in [5, 5.41) is 0.754. The lowest BCUT2D eigenvalue weighted by atomic mass is 10.2. The number of hydrogen-bond donors (Lipinski definition) is 0. The molecular formula is C23H16BrNO4. The molecule has 0 saturated heterocycles. The van der Waals surface area contributed by atoms with Crippen LogP contribution >= 0.6 is 15.9 Å². The van der Waals surface area contributed by atoms with Crippen LogP contribution in [0.3, 0.4) is 0 Å². The molecule has 4 aromatic rings. The third-order valence-corrected chi connectivity index (χ3v) is 5.10. The lowest BCUT2D eigenvalue weighted by Crippen LogP contribution is -2.37. The summed E-state index contributed by atoms with van der Waals surface area (Å²) in [6, 6.07) is 25.1. The molecule has 0 unspecified atom stereocenters. The fraction of sp³-hybridized carbons (Fsp3) is 0.0435. The molecule has 0 aliphatic heterocycles. The molecule has 144 valence electrons. The van der Waals surface area contributed by atoms with Crippen LogP contribution in [0.4, 0.5) is 10.7 Å². The molecule has 2 amide bonds. The molecule has 5 nitrogen and oxygen atoms in total. The van der Waals surface area contributed by atoms with Crippen molar-refractivity contribution < 1.29 is 18.7 Å². The Balaban J connectivity index is 1.71. The maximum atomic E-state index is 13.2. The van der Waals surface area contributed by atoms with E-state index in [2.05, 4.69) is 15.9 Å². The van der Waals surface area contributed by atoms with Gasteiger partial charge in [-0.2, -0.15) is 4.90 Å². The molecule has 0 aliphatic carbocycles. The Bertz CT molecular complexity index is 1160. The maximum Gasteiger partial charge on any atom is 0.424 e. The normalized spacial score (nSPS) is 10.7. The van der Waals surface area contributed by atoms with Crippen LogP contribution in [-0.4, -0.2) is 12.0 Å². The molecule has 1 heterocycles. The summed E-state index contributed by atoms with van der Waals surface area (Å²) in [7, 11) is 0. The molecule has 0 saturated carbocycles. The molecule has 29 heavy (non-hydrogen) atoms. The van der Waals surface area contributed by atoms with Crippen molar-refractivity contribution in [2.45, 2.75) is 6.61 Å². The van der Waals surface area contributed by atoms with E-state index in [0.29, 0.717) is 15.6 Å². The Labute approximate surface area is 175 Å². The van der Waals surface area contributed by atoms with Crippen molar-refractivity contribution in [1.82, 2.24) is 0 Å². The maximum absolute atomic E-state index is 13.2. The topological polar surface area (TPSA) is 59.8 Å². The summed E-state index contributed by atoms with van der Waals surface area (Å²) in [5.74, 6) is -0.457. The average molecular weight is 450 g/mol. The van der Waals surface area contributed by atoms with Crippen LogP contribution in [0.2, 0.25) is 0 Å². The van der Waals surface area contributed by atoms with Crippen LogP contribution in [-0.2, 0) is 11.3 Å². The molecule has 0 atom stereocenters. The average Bonchev–Trinajstić information content (AvgIpc) is 3.10. The minimum Gasteiger partial charge on any atom is -0.444 e. The van der Waals surface area contributed by atoms with E-state index >= 15 is 0 Å². The van der Waals surface area contributed by atoms with Gasteiger partial charge in [-0.1, -0.05) is 60.7 Å². The fourth-order valence-corrected chi connectivity index (χ4v) is 3.48. The number of rotatable bonds is 4. The van der Waals surface area contributed by atoms with Gasteiger partial charge in [0.05, 0.1) is 4.47 Å². The molecule has 0 N–H and O–H groups in total. The number of nitrogens with zero attached hydrogens (tertiary/aromatic N) is 1. The molecule has 0 aliphatic rings. The summed E-state index contributed by atoms with van der Waals surface area (Å²) in [4.78, 5) is 27.1. The first-order valence-corrected chi connectivity index (χ1v) is 9.71. The van der Waals surface area contributed by atoms with Gasteiger partial charge in [-0.15, -0.1) is 0 Å². The zero-order valence-corrected chi connectivity index (χ0v) is 16.8. The number of carbonyl (C=O) groups excluding carboxylic acids is 2. The van der Waals surface area contributed by atoms with E-state index in [4.69, 9.17) is 9.15 Å². The van der Waals surface area contributed by atoms with Gasteiger partial charge in [-0.05, 0) is 45.8 Å². The van der Waals surface area contributed by atoms with Gasteiger partial charge in [0.2, 0.25) is 5.88 Å². The van der Waals surface area contributed by atoms with Crippen LogP contribution in [0, 0.1) is 0 Å². The van der Waals surface area contributed by atoms with Gasteiger partial charge in [0.15, 0.2) is 0 Å². The SMILES string of the molecule is O=C(OCc1ccccc1)N(C(=O)c1ccccc1)c1oc2ccccc2c1Br. The molecule has 4 rings (SSSR count). The predicted molar refractivity (Wildman–Crippen MR) is 114 cm³/mol. The lowest BCUT2D eigenvalue weighted by molar-refractivity contribution is 0.0953. The number of furan rings is 1. The number of hydrogen-bond acceptors (Lipinski definition) is 4. The highest BCUT2D eigenvalue weighted by molar-refractivity contribution is 9.10. The molecule has 0 spiro atoms. The molecule has 0 bridgehead atoms. The number of fused-ring (bicyclic) bond motifs is 1. The van der Waals surface area contributed by atoms with Gasteiger partial charge in [0.1, 0.15) is 12.2 Å². The summed E-state index contributed by atoms with van der Waals surface area (Å²) in [6.07, 6.45) is -0.817. The van der Waals surface area contributed by atoms with Crippen molar-refractivity contribution in [1.29, 1.82) is 0 Å². The number of imide groups is 1. The standard InChI is InChI=1S/C23H16BrNO4/c24-20-18-13-7-8-14-19(18)29-22(20)25(21(26)17-11-5-2-6-12-17)23(27)28-15-16-9-3-1-4-10-16/h1-14H,15H2. The second-order valence-corrected chi connectivity index (χ2v) is 7.06. The third-order valence-electron chi connectivity index (χ3n) is 4.33. The second-order valence-electron chi connectivity index (χ2n) is 6.26. The Morgan fingerprint density at radius 1 is 0.862 bits per heavy atom. The Morgan fingerprint density at radius 2 is 1.48 bits per heavy atom. The molecule has 6 heteroatoms. The van der Waals surface area contributed by atoms with Gasteiger partial charge in [0, 0.05) is 10.9 Å². The minimum absolute atomic E-state index is 0.0378. The molecule has 1 aromatic heterocycles. The zero-order chi connectivity index (χ0) is 20.2. The van der Waals surface area contributed by atoms with Gasteiger partial charge >= 0.3 is 6.09 Å². The van der Waals surface area contributed by atoms with E-state index in [1.807, 2.05) is 48.5 Å². The van der Waals surface area contributed by atoms with Crippen molar-refractivity contribution in [2.24, 2.45) is 0 Å². The van der Waals surface area contributed by atoms with Crippen LogP contribution in [0.1, 0.15) is 15.9 Å². The van der Waals surface area contributed by atoms with E-state index in [1.165, 1.54) is 0 Å². The quantitative estimate of drug-likeness (QED) is 0.373. The number of carbonyl (C=O) groups is 2. The first-order chi connectivity index (χ1) is 14.1. The summed E-state index contributed by atoms with van der Waals surface area (Å²) < 4.78 is 11.8. The van der Waals surface area contributed by atoms with Crippen molar-refractivity contribution in [3.8, 4) is 0 Å². The van der Waals surface area contributed by atoms with Gasteiger partial charge in [0.25, 0.3) is 5.91 Å². The van der Waals surface area contributed by atoms with E-state index in [1.54, 1.807) is 36.4 Å². The van der Waals surface area contributed by atoms with Crippen LogP contribution < -0.4 is 4.90 Å². The van der Waals surface area contributed by atoms with Crippen molar-refractivity contribution >= 4 is 44.8 Å². The van der Waals surface area contributed by atoms with E-state index in [-0.39, 0.29) is 12.5 Å². The summed E-state index contributed by atoms with van der Waals surface area (Å²) in [6.45, 7) is 0.0378. The van der Waals surface area contributed by atoms with Gasteiger partial charge in [-0.25, -0.2) is 4.79 Å². The number of anilines is 1. The van der Waals surface area contributed by atoms with Crippen molar-refractivity contribution in [3.05, 3.63) is 101 Å². The van der Waals surface area contributed by atoms with E-state index in [9.17, 15) is 9.59 Å². The summed E-state index contributed by atoms with van der Waals surface area (Å²) >= 11 is 3.46. The first-order valence-electron chi connectivity index (χ1n) is 8.92. The highest BCUT2D eigenvalue weighted by Crippen LogP contribution is 2.38. The Hall–Kier alpha value is -3.38. The Morgan fingerprint density at radius 3 is 2.17 bits per heavy atom. The number of para-hydroxylation sites is 1. The highest BCUT2D eigenvalue weighted by atomic mass is 79.9. The van der Waals surface area contributed by atoms with Gasteiger partial charge < -0.3 is 9.15 Å². The van der Waals surface area contributed by atoms with E-state index in [0.717, 1.165) is 15.8 Å². The van der Waals surface area contributed by atoms with Crippen molar-refractivity contribution in [2.75, 3.05) is 4.90 Å². The number of ether oxygens (including phenoxy) is 1. The summed E-state index contributed by atoms with van der Waals surface area (Å²) in [5.41, 5.74) is 1.71. The van der Waals surface area contributed by atoms with Crippen LogP contribution in [0.5, 0.6) is 0 Å². The molecule has 3 aromatic carbocycles. The largest absolute Gasteiger partial charge is 0.444 e. The molecule has 0 radical (unpaired) electrons. The highest BCUT2D eigenvalue weighted by Gasteiger charge is 2.32. The number of halogens is 1. The first kappa shape index (κ1) is 19.0. The van der Waals surface area contributed by atoms with Crippen LogP contribution in [0.25, 0.3) is 11.0 Å². The fourth-order valence-electron chi connectivity index (χ4n) is 2.90. The predicted octanol–water partition coefficient (Wildman–Crippen LogP) is 6.18. The minimum atomic E-state index is -0.817.